The first kappa shape index (κ1) is 40.3. The highest BCUT2D eigenvalue weighted by atomic mass is 16.1. The molecule has 4 nitrogen and oxygen atoms in total. The standard InChI is InChI=1S/C60H48N2O2/c1-37-7-19-43(20-8-37)59(63)53-35-55(61(45-23-11-39(3)12-24-45)46-25-13-40(4)14-26-46)51-34-32-50-54(60(64)44-21-9-38(2)10-22-44)36-56(52-33-31-49(53)57(51)58(50)52)62(47-27-15-41(5)16-28-47)48-29-17-42(6)18-30-48/h7-36H,1-6H3. The van der Waals surface area contributed by atoms with E-state index in [-0.39, 0.29) is 11.6 Å². The molecule has 0 aliphatic heterocycles. The van der Waals surface area contributed by atoms with Crippen LogP contribution < -0.4 is 9.80 Å². The number of benzene rings is 10. The molecule has 0 aromatic heterocycles. The maximum absolute atomic E-state index is 15.1. The van der Waals surface area contributed by atoms with Crippen LogP contribution >= 0.6 is 0 Å². The quantitative estimate of drug-likeness (QED) is 0.102. The molecule has 0 N–H and O–H groups in total. The highest BCUT2D eigenvalue weighted by Gasteiger charge is 2.28. The lowest BCUT2D eigenvalue weighted by Gasteiger charge is -2.31. The van der Waals surface area contributed by atoms with Crippen LogP contribution in [0.3, 0.4) is 0 Å². The van der Waals surface area contributed by atoms with E-state index >= 15 is 9.59 Å². The first-order valence-corrected chi connectivity index (χ1v) is 21.9. The largest absolute Gasteiger partial charge is 0.310 e. The van der Waals surface area contributed by atoms with Crippen molar-refractivity contribution in [1.29, 1.82) is 0 Å². The number of aryl methyl sites for hydroxylation is 6. The summed E-state index contributed by atoms with van der Waals surface area (Å²) in [7, 11) is 0. The van der Waals surface area contributed by atoms with Crippen LogP contribution in [0.5, 0.6) is 0 Å². The smallest absolute Gasteiger partial charge is 0.193 e. The molecule has 10 aromatic rings. The molecule has 10 aromatic carbocycles. The van der Waals surface area contributed by atoms with Crippen molar-refractivity contribution >= 4 is 78.0 Å². The van der Waals surface area contributed by atoms with Gasteiger partial charge in [0.15, 0.2) is 11.6 Å². The molecule has 0 amide bonds. The summed E-state index contributed by atoms with van der Waals surface area (Å²) in [6.45, 7) is 12.5. The van der Waals surface area contributed by atoms with Gasteiger partial charge in [0.05, 0.1) is 11.4 Å². The van der Waals surface area contributed by atoms with E-state index in [4.69, 9.17) is 0 Å². The molecule has 4 heteroatoms. The second kappa shape index (κ2) is 16.1. The lowest BCUT2D eigenvalue weighted by molar-refractivity contribution is 0.103. The summed E-state index contributed by atoms with van der Waals surface area (Å²) in [5.74, 6) is -0.131. The van der Waals surface area contributed by atoms with E-state index in [9.17, 15) is 0 Å². The van der Waals surface area contributed by atoms with E-state index in [0.29, 0.717) is 22.3 Å². The zero-order valence-corrected chi connectivity index (χ0v) is 37.0. The molecular weight excluding hydrogens is 781 g/mol. The van der Waals surface area contributed by atoms with E-state index in [1.165, 1.54) is 0 Å². The van der Waals surface area contributed by atoms with Crippen molar-refractivity contribution in [3.8, 4) is 0 Å². The Hall–Kier alpha value is -7.82. The third-order valence-electron chi connectivity index (χ3n) is 12.6. The van der Waals surface area contributed by atoms with E-state index in [2.05, 4.69) is 171 Å². The minimum atomic E-state index is -0.0657. The van der Waals surface area contributed by atoms with Gasteiger partial charge in [-0.3, -0.25) is 9.59 Å². The van der Waals surface area contributed by atoms with Crippen LogP contribution in [0.2, 0.25) is 0 Å². The Kier molecular flexibility index (Phi) is 10.2. The van der Waals surface area contributed by atoms with Gasteiger partial charge < -0.3 is 9.80 Å². The normalized spacial score (nSPS) is 11.4. The third kappa shape index (κ3) is 7.17. The van der Waals surface area contributed by atoms with Crippen LogP contribution in [-0.4, -0.2) is 11.6 Å². The van der Waals surface area contributed by atoms with Crippen LogP contribution in [0.25, 0.3) is 32.3 Å². The Morgan fingerprint density at radius 2 is 0.531 bits per heavy atom. The molecule has 0 heterocycles. The van der Waals surface area contributed by atoms with Crippen molar-refractivity contribution in [2.75, 3.05) is 9.80 Å². The molecule has 0 unspecified atom stereocenters. The summed E-state index contributed by atoms with van der Waals surface area (Å²) >= 11 is 0. The Morgan fingerprint density at radius 1 is 0.297 bits per heavy atom. The van der Waals surface area contributed by atoms with Gasteiger partial charge in [-0.25, -0.2) is 0 Å². The maximum Gasteiger partial charge on any atom is 0.193 e. The van der Waals surface area contributed by atoms with Gasteiger partial charge in [0, 0.05) is 66.5 Å². The topological polar surface area (TPSA) is 40.6 Å². The fraction of sp³-hybridized carbons (Fsp3) is 0.100. The molecule has 10 rings (SSSR count). The van der Waals surface area contributed by atoms with Crippen LogP contribution in [0, 0.1) is 41.5 Å². The highest BCUT2D eigenvalue weighted by Crippen LogP contribution is 2.50. The minimum absolute atomic E-state index is 0.0657. The Morgan fingerprint density at radius 3 is 0.797 bits per heavy atom. The van der Waals surface area contributed by atoms with Crippen molar-refractivity contribution in [2.45, 2.75) is 41.5 Å². The summed E-state index contributed by atoms with van der Waals surface area (Å²) in [4.78, 5) is 34.8. The fourth-order valence-corrected chi connectivity index (χ4v) is 9.05. The zero-order chi connectivity index (χ0) is 44.2. The van der Waals surface area contributed by atoms with Gasteiger partial charge in [0.2, 0.25) is 0 Å². The molecule has 0 aliphatic rings. The van der Waals surface area contributed by atoms with Gasteiger partial charge in [-0.05, 0) is 113 Å². The van der Waals surface area contributed by atoms with Crippen molar-refractivity contribution in [2.24, 2.45) is 0 Å². The monoisotopic (exact) mass is 828 g/mol. The van der Waals surface area contributed by atoms with Gasteiger partial charge in [0.25, 0.3) is 0 Å². The summed E-state index contributed by atoms with van der Waals surface area (Å²) < 4.78 is 0. The van der Waals surface area contributed by atoms with Crippen LogP contribution in [0.1, 0.15) is 65.2 Å². The van der Waals surface area contributed by atoms with Crippen LogP contribution in [0.4, 0.5) is 34.1 Å². The Balaban J connectivity index is 1.37. The molecular formula is C60H48N2O2. The van der Waals surface area contributed by atoms with Gasteiger partial charge in [-0.1, -0.05) is 155 Å². The molecule has 0 saturated carbocycles. The number of anilines is 6. The van der Waals surface area contributed by atoms with Crippen LogP contribution in [0.15, 0.2) is 182 Å². The van der Waals surface area contributed by atoms with E-state index in [0.717, 1.165) is 99.8 Å². The highest BCUT2D eigenvalue weighted by molar-refractivity contribution is 6.35. The van der Waals surface area contributed by atoms with Crippen molar-refractivity contribution in [1.82, 2.24) is 0 Å². The average Bonchev–Trinajstić information content (AvgIpc) is 3.31. The number of ketones is 2. The number of carbonyl (C=O) groups excluding carboxylic acids is 2. The number of hydrogen-bond acceptors (Lipinski definition) is 4. The Bertz CT molecular complexity index is 3050. The maximum atomic E-state index is 15.1. The molecule has 0 saturated heterocycles. The number of hydrogen-bond donors (Lipinski definition) is 0. The SMILES string of the molecule is Cc1ccc(C(=O)c2cc(N(c3ccc(C)cc3)c3ccc(C)cc3)c3ccc4c(C(=O)c5ccc(C)cc5)cc(N(c5ccc(C)cc5)c5ccc(C)cc5)c5ccc2c3c45)cc1. The number of rotatable bonds is 10. The molecule has 0 bridgehead atoms. The van der Waals surface area contributed by atoms with Gasteiger partial charge >= 0.3 is 0 Å². The number of carbonyl (C=O) groups is 2. The average molecular weight is 829 g/mol. The summed E-state index contributed by atoms with van der Waals surface area (Å²) in [5, 5.41) is 5.46. The molecule has 0 atom stereocenters. The third-order valence-corrected chi connectivity index (χ3v) is 12.6. The molecule has 0 aliphatic carbocycles. The fourth-order valence-electron chi connectivity index (χ4n) is 9.05. The lowest BCUT2D eigenvalue weighted by Crippen LogP contribution is -2.14. The zero-order valence-electron chi connectivity index (χ0n) is 37.0. The van der Waals surface area contributed by atoms with E-state index in [1.54, 1.807) is 0 Å². The lowest BCUT2D eigenvalue weighted by atomic mass is 9.85. The van der Waals surface area contributed by atoms with Gasteiger partial charge in [-0.15, -0.1) is 0 Å². The van der Waals surface area contributed by atoms with Gasteiger partial charge in [-0.2, -0.15) is 0 Å². The van der Waals surface area contributed by atoms with Crippen LogP contribution in [-0.2, 0) is 0 Å². The predicted octanol–water partition coefficient (Wildman–Crippen LogP) is 15.8. The van der Waals surface area contributed by atoms with Crippen molar-refractivity contribution in [3.05, 3.63) is 238 Å². The second-order valence-corrected chi connectivity index (χ2v) is 17.4. The van der Waals surface area contributed by atoms with Crippen molar-refractivity contribution < 1.29 is 9.59 Å². The first-order chi connectivity index (χ1) is 31.0. The van der Waals surface area contributed by atoms with Gasteiger partial charge in [0.1, 0.15) is 0 Å². The number of nitrogens with zero attached hydrogens (tertiary/aromatic N) is 2. The van der Waals surface area contributed by atoms with E-state index in [1.807, 2.05) is 62.4 Å². The van der Waals surface area contributed by atoms with E-state index < -0.39 is 0 Å². The molecule has 64 heavy (non-hydrogen) atoms. The summed E-state index contributed by atoms with van der Waals surface area (Å²) in [6.07, 6.45) is 0. The molecule has 0 fully saturated rings. The minimum Gasteiger partial charge on any atom is -0.310 e. The van der Waals surface area contributed by atoms with Crippen molar-refractivity contribution in [3.63, 3.8) is 0 Å². The molecule has 310 valence electrons. The summed E-state index contributed by atoms with van der Waals surface area (Å²) in [6, 6.07) is 62.6. The Labute approximate surface area is 375 Å². The molecule has 0 spiro atoms. The predicted molar refractivity (Wildman–Crippen MR) is 268 cm³/mol. The first-order valence-electron chi connectivity index (χ1n) is 21.9. The second-order valence-electron chi connectivity index (χ2n) is 17.4. The molecule has 0 radical (unpaired) electrons. The summed E-state index contributed by atoms with van der Waals surface area (Å²) in [5.41, 5.74) is 14.8.